The Kier molecular flexibility index (Phi) is 4.98. The number of carbonyl (C=O) groups excluding carboxylic acids is 2. The molecule has 3 nitrogen and oxygen atoms in total. The number of ether oxygens (including phenoxy) is 1. The van der Waals surface area contributed by atoms with E-state index in [9.17, 15) is 9.59 Å². The van der Waals surface area contributed by atoms with Crippen molar-refractivity contribution >= 4 is 11.8 Å². The van der Waals surface area contributed by atoms with Crippen LogP contribution < -0.4 is 0 Å². The first kappa shape index (κ1) is 19.5. The predicted molar refractivity (Wildman–Crippen MR) is 96.5 cm³/mol. The summed E-state index contributed by atoms with van der Waals surface area (Å²) in [7, 11) is 0. The van der Waals surface area contributed by atoms with E-state index in [1.807, 2.05) is 34.6 Å². The van der Waals surface area contributed by atoms with Crippen molar-refractivity contribution in [1.29, 1.82) is 0 Å². The second-order valence-corrected chi connectivity index (χ2v) is 10.2. The van der Waals surface area contributed by atoms with Crippen molar-refractivity contribution in [2.45, 2.75) is 87.2 Å². The Morgan fingerprint density at radius 3 is 2.17 bits per heavy atom. The lowest BCUT2D eigenvalue weighted by molar-refractivity contribution is -0.163. The summed E-state index contributed by atoms with van der Waals surface area (Å²) in [5.41, 5.74) is -0.00744. The number of fused-ring (bicyclic) bond motifs is 2. The molecule has 3 heteroatoms. The molecular weight excluding hydrogens is 300 g/mol. The number of hydrogen-bond acceptors (Lipinski definition) is 3. The number of hydrogen-bond donors (Lipinski definition) is 0. The van der Waals surface area contributed by atoms with E-state index in [1.165, 1.54) is 6.42 Å². The second kappa shape index (κ2) is 6.14. The van der Waals surface area contributed by atoms with Crippen LogP contribution in [0, 0.1) is 34.0 Å². The van der Waals surface area contributed by atoms with Crippen LogP contribution in [0.25, 0.3) is 0 Å². The Labute approximate surface area is 147 Å². The van der Waals surface area contributed by atoms with Gasteiger partial charge in [0, 0.05) is 17.3 Å². The van der Waals surface area contributed by atoms with Crippen LogP contribution in [0.15, 0.2) is 0 Å². The highest BCUT2D eigenvalue weighted by Gasteiger charge is 2.63. The van der Waals surface area contributed by atoms with Gasteiger partial charge in [-0.15, -0.1) is 0 Å². The molecular formula is C21H36O3. The summed E-state index contributed by atoms with van der Waals surface area (Å²) in [6.07, 6.45) is 3.87. The van der Waals surface area contributed by atoms with Gasteiger partial charge in [0.1, 0.15) is 11.9 Å². The Bertz CT molecular complexity index is 514. The van der Waals surface area contributed by atoms with Crippen molar-refractivity contribution in [1.82, 2.24) is 0 Å². The summed E-state index contributed by atoms with van der Waals surface area (Å²) >= 11 is 0. The van der Waals surface area contributed by atoms with Gasteiger partial charge >= 0.3 is 5.97 Å². The average molecular weight is 337 g/mol. The molecule has 0 aliphatic heterocycles. The molecule has 2 bridgehead atoms. The van der Waals surface area contributed by atoms with Crippen molar-refractivity contribution in [3.8, 4) is 0 Å². The average Bonchev–Trinajstić information content (AvgIpc) is 2.78. The van der Waals surface area contributed by atoms with Crippen molar-refractivity contribution < 1.29 is 14.3 Å². The van der Waals surface area contributed by atoms with Gasteiger partial charge in [-0.1, -0.05) is 55.4 Å². The minimum atomic E-state index is -0.347. The second-order valence-electron chi connectivity index (χ2n) is 10.2. The summed E-state index contributed by atoms with van der Waals surface area (Å²) in [5.74, 6) is 0.530. The van der Waals surface area contributed by atoms with E-state index in [4.69, 9.17) is 4.74 Å². The fraction of sp³-hybridized carbons (Fsp3) is 0.905. The lowest BCUT2D eigenvalue weighted by atomic mass is 9.70. The molecule has 2 saturated carbocycles. The van der Waals surface area contributed by atoms with Gasteiger partial charge in [-0.3, -0.25) is 9.59 Å². The van der Waals surface area contributed by atoms with Gasteiger partial charge in [-0.05, 0) is 36.5 Å². The summed E-state index contributed by atoms with van der Waals surface area (Å²) in [4.78, 5) is 24.9. The van der Waals surface area contributed by atoms with Crippen molar-refractivity contribution in [3.63, 3.8) is 0 Å². The molecule has 2 rings (SSSR count). The van der Waals surface area contributed by atoms with E-state index < -0.39 is 0 Å². The van der Waals surface area contributed by atoms with Gasteiger partial charge in [0.05, 0.1) is 5.92 Å². The standard InChI is InChI=1S/C21H36O3/c1-13(11-16(22)19(3,4)5)14(2)18(23)24-17-12-15-9-10-21(17,8)20(15,6)7/h13-15,17H,9-12H2,1-8H3/t13-,14+,15-,17?,21+/m1/s1. The first-order valence-corrected chi connectivity index (χ1v) is 9.54. The zero-order valence-electron chi connectivity index (χ0n) is 16.9. The van der Waals surface area contributed by atoms with Gasteiger partial charge in [-0.2, -0.15) is 0 Å². The molecule has 0 heterocycles. The monoisotopic (exact) mass is 336 g/mol. The van der Waals surface area contributed by atoms with Gasteiger partial charge in [-0.25, -0.2) is 0 Å². The topological polar surface area (TPSA) is 43.4 Å². The number of ketones is 1. The first-order chi connectivity index (χ1) is 10.8. The Balaban J connectivity index is 1.97. The maximum absolute atomic E-state index is 12.7. The maximum Gasteiger partial charge on any atom is 0.309 e. The number of rotatable bonds is 5. The third-order valence-corrected chi connectivity index (χ3v) is 7.54. The SMILES string of the molecule is C[C@H](CC(=O)C(C)(C)C)[C@H](C)C(=O)OC1C[C@H]2CC[C@]1(C)C2(C)C. The third-order valence-electron chi connectivity index (χ3n) is 7.54. The summed E-state index contributed by atoms with van der Waals surface area (Å²) in [6.45, 7) is 16.6. The van der Waals surface area contributed by atoms with Crippen LogP contribution in [-0.4, -0.2) is 17.9 Å². The molecule has 5 atom stereocenters. The van der Waals surface area contributed by atoms with Gasteiger partial charge < -0.3 is 4.74 Å². The predicted octanol–water partition coefficient (Wildman–Crippen LogP) is 5.02. The van der Waals surface area contributed by atoms with Crippen LogP contribution >= 0.6 is 0 Å². The Morgan fingerprint density at radius 1 is 1.17 bits per heavy atom. The molecule has 1 unspecified atom stereocenters. The van der Waals surface area contributed by atoms with Crippen LogP contribution in [0.2, 0.25) is 0 Å². The summed E-state index contributed by atoms with van der Waals surface area (Å²) < 4.78 is 5.98. The third kappa shape index (κ3) is 3.15. The lowest BCUT2D eigenvalue weighted by Crippen LogP contribution is -2.40. The molecule has 138 valence electrons. The van der Waals surface area contributed by atoms with Crippen LogP contribution in [0.1, 0.15) is 81.1 Å². The molecule has 24 heavy (non-hydrogen) atoms. The molecule has 0 spiro atoms. The first-order valence-electron chi connectivity index (χ1n) is 9.54. The fourth-order valence-corrected chi connectivity index (χ4v) is 4.56. The van der Waals surface area contributed by atoms with Crippen LogP contribution in [-0.2, 0) is 14.3 Å². The molecule has 0 radical (unpaired) electrons. The highest BCUT2D eigenvalue weighted by Crippen LogP contribution is 2.66. The van der Waals surface area contributed by atoms with E-state index in [-0.39, 0.29) is 45.9 Å². The van der Waals surface area contributed by atoms with E-state index in [2.05, 4.69) is 20.8 Å². The summed E-state index contributed by atoms with van der Waals surface area (Å²) in [6, 6.07) is 0. The molecule has 0 aromatic heterocycles. The quantitative estimate of drug-likeness (QED) is 0.662. The van der Waals surface area contributed by atoms with E-state index >= 15 is 0 Å². The molecule has 2 aliphatic rings. The molecule has 2 fully saturated rings. The molecule has 0 aromatic rings. The minimum absolute atomic E-state index is 0.0173. The molecule has 0 N–H and O–H groups in total. The van der Waals surface area contributed by atoms with E-state index in [0.717, 1.165) is 12.8 Å². The number of Topliss-reactive ketones (excluding diaryl/α,β-unsaturated/α-hetero) is 1. The van der Waals surface area contributed by atoms with E-state index in [0.29, 0.717) is 12.3 Å². The largest absolute Gasteiger partial charge is 0.462 e. The van der Waals surface area contributed by atoms with Crippen LogP contribution in [0.5, 0.6) is 0 Å². The van der Waals surface area contributed by atoms with Crippen LogP contribution in [0.3, 0.4) is 0 Å². The Morgan fingerprint density at radius 2 is 1.75 bits per heavy atom. The minimum Gasteiger partial charge on any atom is -0.462 e. The van der Waals surface area contributed by atoms with Crippen LogP contribution in [0.4, 0.5) is 0 Å². The fourth-order valence-electron chi connectivity index (χ4n) is 4.56. The highest BCUT2D eigenvalue weighted by atomic mass is 16.5. The molecule has 0 amide bonds. The normalized spacial score (nSPS) is 34.0. The zero-order valence-corrected chi connectivity index (χ0v) is 16.9. The lowest BCUT2D eigenvalue weighted by Gasteiger charge is -2.39. The zero-order chi connectivity index (χ0) is 18.5. The van der Waals surface area contributed by atoms with Gasteiger partial charge in [0.2, 0.25) is 0 Å². The van der Waals surface area contributed by atoms with Crippen molar-refractivity contribution in [2.75, 3.05) is 0 Å². The smallest absolute Gasteiger partial charge is 0.309 e. The highest BCUT2D eigenvalue weighted by molar-refractivity contribution is 5.84. The molecule has 0 saturated heterocycles. The van der Waals surface area contributed by atoms with E-state index in [1.54, 1.807) is 0 Å². The maximum atomic E-state index is 12.7. The van der Waals surface area contributed by atoms with Crippen molar-refractivity contribution in [2.24, 2.45) is 34.0 Å². The Hall–Kier alpha value is -0.860. The van der Waals surface area contributed by atoms with Gasteiger partial charge in [0.25, 0.3) is 0 Å². The summed E-state index contributed by atoms with van der Waals surface area (Å²) in [5, 5.41) is 0. The molecule has 0 aromatic carbocycles. The van der Waals surface area contributed by atoms with Crippen molar-refractivity contribution in [3.05, 3.63) is 0 Å². The molecule has 2 aliphatic carbocycles. The number of carbonyl (C=O) groups is 2. The number of esters is 1. The van der Waals surface area contributed by atoms with Gasteiger partial charge in [0.15, 0.2) is 0 Å².